The van der Waals surface area contributed by atoms with Crippen molar-refractivity contribution in [3.05, 3.63) is 247 Å². The Morgan fingerprint density at radius 1 is 0.458 bits per heavy atom. The van der Waals surface area contributed by atoms with Crippen molar-refractivity contribution in [3.63, 3.8) is 0 Å². The second-order valence-electron chi connectivity index (χ2n) is 19.4. The maximum absolute atomic E-state index is 7.00. The number of rotatable bonds is 8. The highest BCUT2D eigenvalue weighted by molar-refractivity contribution is 6.15. The number of aromatic nitrogens is 1. The molecule has 1 aliphatic carbocycles. The van der Waals surface area contributed by atoms with Crippen LogP contribution in [0.3, 0.4) is 0 Å². The molecule has 2 atom stereocenters. The molecule has 13 aromatic rings. The molecule has 1 aliphatic rings. The Morgan fingerprint density at radius 2 is 1.04 bits per heavy atom. The van der Waals surface area contributed by atoms with Crippen LogP contribution in [0, 0.1) is 5.92 Å². The Hall–Kier alpha value is -9.06. The summed E-state index contributed by atoms with van der Waals surface area (Å²) in [7, 11) is 0. The van der Waals surface area contributed by atoms with Gasteiger partial charge < -0.3 is 13.4 Å². The first-order chi connectivity index (χ1) is 35.5. The van der Waals surface area contributed by atoms with Gasteiger partial charge in [0.25, 0.3) is 0 Å². The lowest BCUT2D eigenvalue weighted by atomic mass is 9.97. The molecule has 5 heteroatoms. The van der Waals surface area contributed by atoms with Gasteiger partial charge in [0.1, 0.15) is 22.3 Å². The molecule has 342 valence electrons. The summed E-state index contributed by atoms with van der Waals surface area (Å²) >= 11 is 0. The summed E-state index contributed by atoms with van der Waals surface area (Å²) in [6.07, 6.45) is 0.881. The number of furan rings is 2. The Morgan fingerprint density at radius 3 is 1.81 bits per heavy atom. The first kappa shape index (κ1) is 41.9. The van der Waals surface area contributed by atoms with Crippen molar-refractivity contribution in [2.75, 3.05) is 0 Å². The zero-order valence-corrected chi connectivity index (χ0v) is 39.9. The van der Waals surface area contributed by atoms with Gasteiger partial charge in [0.15, 0.2) is 5.84 Å². The van der Waals surface area contributed by atoms with E-state index >= 15 is 0 Å². The second kappa shape index (κ2) is 16.5. The molecule has 72 heavy (non-hydrogen) atoms. The van der Waals surface area contributed by atoms with Crippen LogP contribution in [-0.2, 0) is 5.54 Å². The summed E-state index contributed by atoms with van der Waals surface area (Å²) in [5.41, 5.74) is 17.1. The van der Waals surface area contributed by atoms with Crippen molar-refractivity contribution in [1.82, 2.24) is 4.57 Å². The lowest BCUT2D eigenvalue weighted by Gasteiger charge is -2.16. The number of hydrogen-bond acceptors (Lipinski definition) is 3. The Bertz CT molecular complexity index is 4310. The number of hydrogen-bond donors (Lipinski definition) is 0. The van der Waals surface area contributed by atoms with Gasteiger partial charge in [-0.15, -0.1) is 0 Å². The van der Waals surface area contributed by atoms with Crippen molar-refractivity contribution in [2.24, 2.45) is 15.9 Å². The molecule has 10 aromatic carbocycles. The van der Waals surface area contributed by atoms with Crippen molar-refractivity contribution >= 4 is 77.2 Å². The third-order valence-electron chi connectivity index (χ3n) is 15.1. The summed E-state index contributed by atoms with van der Waals surface area (Å²) in [6, 6.07) is 81.9. The van der Waals surface area contributed by atoms with E-state index in [1.807, 2.05) is 12.1 Å². The molecule has 0 saturated heterocycles. The molecule has 0 N–H and O–H groups in total. The predicted molar refractivity (Wildman–Crippen MR) is 299 cm³/mol. The van der Waals surface area contributed by atoms with Gasteiger partial charge in [-0.3, -0.25) is 4.99 Å². The molecule has 3 heterocycles. The molecule has 14 rings (SSSR count). The van der Waals surface area contributed by atoms with Crippen molar-refractivity contribution < 1.29 is 8.83 Å². The fourth-order valence-electron chi connectivity index (χ4n) is 11.2. The van der Waals surface area contributed by atoms with Crippen LogP contribution in [0.15, 0.2) is 249 Å². The minimum Gasteiger partial charge on any atom is -0.456 e. The molecule has 3 aromatic heterocycles. The van der Waals surface area contributed by atoms with Gasteiger partial charge in [-0.2, -0.15) is 0 Å². The topological polar surface area (TPSA) is 55.9 Å². The van der Waals surface area contributed by atoms with E-state index in [2.05, 4.69) is 237 Å². The Balaban J connectivity index is 0.938. The first-order valence-corrected chi connectivity index (χ1v) is 24.8. The largest absolute Gasteiger partial charge is 0.456 e. The highest BCUT2D eigenvalue weighted by Gasteiger charge is 2.54. The third-order valence-corrected chi connectivity index (χ3v) is 15.1. The van der Waals surface area contributed by atoms with E-state index in [-0.39, 0.29) is 5.92 Å². The van der Waals surface area contributed by atoms with E-state index in [1.54, 1.807) is 0 Å². The van der Waals surface area contributed by atoms with Gasteiger partial charge in [0.2, 0.25) is 0 Å². The van der Waals surface area contributed by atoms with Gasteiger partial charge in [-0.1, -0.05) is 189 Å². The average Bonchev–Trinajstić information content (AvgIpc) is 3.68. The van der Waals surface area contributed by atoms with E-state index in [0.717, 1.165) is 106 Å². The average molecular weight is 926 g/mol. The normalized spacial score (nSPS) is 16.2. The summed E-state index contributed by atoms with van der Waals surface area (Å²) in [5, 5.41) is 6.70. The summed E-state index contributed by atoms with van der Waals surface area (Å²) in [5.74, 6) is 0.983. The lowest BCUT2D eigenvalue weighted by molar-refractivity contribution is 0.623. The highest BCUT2D eigenvalue weighted by Crippen LogP contribution is 2.58. The minimum absolute atomic E-state index is 0.269. The van der Waals surface area contributed by atoms with Gasteiger partial charge in [-0.05, 0) is 101 Å². The summed E-state index contributed by atoms with van der Waals surface area (Å²) in [4.78, 5) is 11.0. The zero-order valence-electron chi connectivity index (χ0n) is 39.9. The number of para-hydroxylation sites is 3. The Kier molecular flexibility index (Phi) is 9.62. The molecule has 1 fully saturated rings. The summed E-state index contributed by atoms with van der Waals surface area (Å²) < 4.78 is 16.1. The predicted octanol–water partition coefficient (Wildman–Crippen LogP) is 17.8. The van der Waals surface area contributed by atoms with Crippen LogP contribution >= 0.6 is 0 Å². The van der Waals surface area contributed by atoms with E-state index in [9.17, 15) is 0 Å². The van der Waals surface area contributed by atoms with Gasteiger partial charge in [-0.25, -0.2) is 4.99 Å². The highest BCUT2D eigenvalue weighted by atomic mass is 16.3. The van der Waals surface area contributed by atoms with Crippen LogP contribution in [-0.4, -0.2) is 16.1 Å². The molecule has 0 spiro atoms. The number of aliphatic imine (C=N–C) groups is 2. The lowest BCUT2D eigenvalue weighted by Crippen LogP contribution is -2.13. The third kappa shape index (κ3) is 6.84. The molecule has 0 aliphatic heterocycles. The van der Waals surface area contributed by atoms with Crippen LogP contribution in [0.1, 0.15) is 37.0 Å². The van der Waals surface area contributed by atoms with Gasteiger partial charge >= 0.3 is 0 Å². The number of benzene rings is 10. The molecule has 1 saturated carbocycles. The molecule has 0 bridgehead atoms. The van der Waals surface area contributed by atoms with Gasteiger partial charge in [0.05, 0.1) is 22.3 Å². The second-order valence-corrected chi connectivity index (χ2v) is 19.4. The molecule has 0 amide bonds. The van der Waals surface area contributed by atoms with Crippen LogP contribution in [0.5, 0.6) is 0 Å². The van der Waals surface area contributed by atoms with Crippen LogP contribution in [0.4, 0.5) is 0 Å². The monoisotopic (exact) mass is 925 g/mol. The maximum Gasteiger partial charge on any atom is 0.155 e. The molecule has 0 radical (unpaired) electrons. The van der Waals surface area contributed by atoms with E-state index < -0.39 is 5.54 Å². The number of fused-ring (bicyclic) bond motifs is 9. The van der Waals surface area contributed by atoms with E-state index in [4.69, 9.17) is 18.8 Å². The standard InChI is InChI=1S/C67H47N3O2/c1-42-41-67(42,69-66(68-43(2)44-17-6-3-7-18-44)48-31-29-47(30-32-48)45-19-8-4-9-20-45)58-26-16-25-53-56-38-50(34-36-63(56)72-65(53)58)54-40-64-57(52-24-13-15-28-62(52)71-64)39-61(54)70-59-27-14-12-23-51(59)55-37-49(33-35-60(55)70)46-21-10-5-11-22-46/h3-40,42H,41H2,1-2H3/b68-43+,69-66-. The molecular weight excluding hydrogens is 879 g/mol. The fourth-order valence-corrected chi connectivity index (χ4v) is 11.2. The minimum atomic E-state index is -0.527. The fraction of sp³-hybridized carbons (Fsp3) is 0.0746. The van der Waals surface area contributed by atoms with Crippen LogP contribution in [0.2, 0.25) is 0 Å². The van der Waals surface area contributed by atoms with Crippen molar-refractivity contribution in [2.45, 2.75) is 25.8 Å². The van der Waals surface area contributed by atoms with E-state index in [0.29, 0.717) is 5.84 Å². The smallest absolute Gasteiger partial charge is 0.155 e. The number of nitrogens with zero attached hydrogens (tertiary/aromatic N) is 3. The molecule has 5 nitrogen and oxygen atoms in total. The van der Waals surface area contributed by atoms with Gasteiger partial charge in [0, 0.05) is 54.7 Å². The van der Waals surface area contributed by atoms with Crippen molar-refractivity contribution in [1.29, 1.82) is 0 Å². The molecular formula is C67H47N3O2. The quantitative estimate of drug-likeness (QED) is 0.113. The SMILES string of the molecule is C/C(=N\C(=N/C1(c2cccc3c2oc2ccc(-c4cc5oc6ccccc6c5cc4-n4c5ccccc5c5cc(-c6ccccc6)ccc54)cc23)CC1C)c1ccc(-c2ccccc2)cc1)c1ccccc1. The van der Waals surface area contributed by atoms with Crippen LogP contribution in [0.25, 0.3) is 105 Å². The first-order valence-electron chi connectivity index (χ1n) is 24.8. The number of amidine groups is 1. The van der Waals surface area contributed by atoms with E-state index in [1.165, 1.54) is 27.5 Å². The van der Waals surface area contributed by atoms with Crippen LogP contribution < -0.4 is 0 Å². The molecule has 2 unspecified atom stereocenters. The van der Waals surface area contributed by atoms with Crippen molar-refractivity contribution in [3.8, 4) is 39.1 Å². The zero-order chi connectivity index (χ0) is 47.9. The summed E-state index contributed by atoms with van der Waals surface area (Å²) in [6.45, 7) is 4.37. The maximum atomic E-state index is 7.00. The Labute approximate surface area is 416 Å².